The SMILES string of the molecule is C=c1ccc2c(c1=C)C=C2. The number of hydrogen-bond donors (Lipinski definition) is 0. The van der Waals surface area contributed by atoms with E-state index >= 15 is 0 Å². The fourth-order valence-electron chi connectivity index (χ4n) is 1.15. The molecule has 0 spiro atoms. The van der Waals surface area contributed by atoms with Gasteiger partial charge in [0.05, 0.1) is 0 Å². The third kappa shape index (κ3) is 0.508. The van der Waals surface area contributed by atoms with Gasteiger partial charge in [0.15, 0.2) is 0 Å². The van der Waals surface area contributed by atoms with Gasteiger partial charge in [-0.2, -0.15) is 0 Å². The summed E-state index contributed by atoms with van der Waals surface area (Å²) in [6, 6.07) is 4.08. The first kappa shape index (κ1) is 5.48. The lowest BCUT2D eigenvalue weighted by Crippen LogP contribution is -2.26. The maximum absolute atomic E-state index is 3.92. The van der Waals surface area contributed by atoms with Gasteiger partial charge in [-0.3, -0.25) is 0 Å². The second kappa shape index (κ2) is 1.60. The van der Waals surface area contributed by atoms with E-state index in [1.54, 1.807) is 0 Å². The lowest BCUT2D eigenvalue weighted by Gasteiger charge is -2.09. The Bertz CT molecular complexity index is 397. The molecule has 48 valence electrons. The maximum Gasteiger partial charge on any atom is -0.0111 e. The normalized spacial score (nSPS) is 12.4. The summed E-state index contributed by atoms with van der Waals surface area (Å²) in [6.45, 7) is 7.78. The summed E-state index contributed by atoms with van der Waals surface area (Å²) < 4.78 is 0. The standard InChI is InChI=1S/C10H8/c1-7-3-4-9-5-6-10(9)8(7)2/h3-6H,1-2H2. The van der Waals surface area contributed by atoms with Crippen LogP contribution in [0.4, 0.5) is 0 Å². The number of benzene rings is 1. The van der Waals surface area contributed by atoms with Crippen molar-refractivity contribution in [3.63, 3.8) is 0 Å². The second-order valence-electron chi connectivity index (χ2n) is 2.54. The van der Waals surface area contributed by atoms with Crippen molar-refractivity contribution in [2.45, 2.75) is 0 Å². The van der Waals surface area contributed by atoms with Crippen molar-refractivity contribution in [2.24, 2.45) is 0 Å². The van der Waals surface area contributed by atoms with Crippen LogP contribution in [0, 0.1) is 0 Å². The van der Waals surface area contributed by atoms with Gasteiger partial charge in [-0.25, -0.2) is 0 Å². The van der Waals surface area contributed by atoms with E-state index in [-0.39, 0.29) is 0 Å². The summed E-state index contributed by atoms with van der Waals surface area (Å²) in [7, 11) is 0. The Kier molecular flexibility index (Phi) is 0.877. The van der Waals surface area contributed by atoms with Crippen molar-refractivity contribution < 1.29 is 0 Å². The lowest BCUT2D eigenvalue weighted by atomic mass is 9.95. The highest BCUT2D eigenvalue weighted by atomic mass is 14.1. The van der Waals surface area contributed by atoms with Crippen LogP contribution in [0.25, 0.3) is 25.3 Å². The van der Waals surface area contributed by atoms with Crippen LogP contribution in [-0.2, 0) is 0 Å². The average Bonchev–Trinajstić information content (AvgIpc) is 1.82. The smallest absolute Gasteiger partial charge is 0.0111 e. The van der Waals surface area contributed by atoms with Gasteiger partial charge in [-0.1, -0.05) is 37.4 Å². The first-order valence-electron chi connectivity index (χ1n) is 3.28. The first-order valence-corrected chi connectivity index (χ1v) is 3.28. The quantitative estimate of drug-likeness (QED) is 0.496. The third-order valence-electron chi connectivity index (χ3n) is 1.92. The van der Waals surface area contributed by atoms with Crippen molar-refractivity contribution >= 4 is 25.3 Å². The molecule has 0 aromatic heterocycles. The molecular formula is C10H8. The van der Waals surface area contributed by atoms with E-state index in [0.29, 0.717) is 0 Å². The zero-order chi connectivity index (χ0) is 7.14. The zero-order valence-corrected chi connectivity index (χ0v) is 5.72. The molecule has 0 bridgehead atoms. The molecule has 10 heavy (non-hydrogen) atoms. The molecule has 2 rings (SSSR count). The van der Waals surface area contributed by atoms with Crippen LogP contribution in [0.3, 0.4) is 0 Å². The molecule has 0 saturated carbocycles. The minimum atomic E-state index is 1.03. The minimum Gasteiger partial charge on any atom is -0.0912 e. The van der Waals surface area contributed by atoms with Crippen LogP contribution in [0.5, 0.6) is 0 Å². The number of rotatable bonds is 0. The molecule has 0 aliphatic heterocycles. The predicted molar refractivity (Wildman–Crippen MR) is 45.7 cm³/mol. The molecule has 1 aliphatic carbocycles. The molecule has 0 nitrogen and oxygen atoms in total. The van der Waals surface area contributed by atoms with E-state index in [4.69, 9.17) is 0 Å². The molecule has 0 unspecified atom stereocenters. The Morgan fingerprint density at radius 2 is 1.80 bits per heavy atom. The van der Waals surface area contributed by atoms with Crippen LogP contribution in [0.15, 0.2) is 12.1 Å². The molecule has 0 amide bonds. The van der Waals surface area contributed by atoms with Crippen LogP contribution in [0.1, 0.15) is 11.1 Å². The summed E-state index contributed by atoms with van der Waals surface area (Å²) in [6.07, 6.45) is 4.16. The maximum atomic E-state index is 3.92. The van der Waals surface area contributed by atoms with Crippen molar-refractivity contribution in [3.8, 4) is 0 Å². The number of fused-ring (bicyclic) bond motifs is 1. The number of hydrogen-bond acceptors (Lipinski definition) is 0. The van der Waals surface area contributed by atoms with Crippen LogP contribution >= 0.6 is 0 Å². The minimum absolute atomic E-state index is 1.03. The highest BCUT2D eigenvalue weighted by molar-refractivity contribution is 5.85. The van der Waals surface area contributed by atoms with E-state index < -0.39 is 0 Å². The van der Waals surface area contributed by atoms with E-state index in [1.807, 2.05) is 6.07 Å². The Morgan fingerprint density at radius 3 is 2.30 bits per heavy atom. The molecule has 1 aromatic carbocycles. The Labute approximate surface area is 59.8 Å². The molecule has 0 saturated heterocycles. The fourth-order valence-corrected chi connectivity index (χ4v) is 1.15. The van der Waals surface area contributed by atoms with Crippen LogP contribution in [0.2, 0.25) is 0 Å². The Morgan fingerprint density at radius 1 is 1.00 bits per heavy atom. The molecule has 0 fully saturated rings. The molecule has 0 heteroatoms. The highest BCUT2D eigenvalue weighted by Crippen LogP contribution is 2.16. The van der Waals surface area contributed by atoms with Crippen LogP contribution in [-0.4, -0.2) is 0 Å². The van der Waals surface area contributed by atoms with Gasteiger partial charge in [-0.05, 0) is 21.6 Å². The fraction of sp³-hybridized carbons (Fsp3) is 0. The van der Waals surface area contributed by atoms with E-state index in [2.05, 4.69) is 31.4 Å². The first-order chi connectivity index (χ1) is 4.79. The largest absolute Gasteiger partial charge is 0.0912 e. The summed E-state index contributed by atoms with van der Waals surface area (Å²) in [5.41, 5.74) is 2.55. The van der Waals surface area contributed by atoms with E-state index in [1.165, 1.54) is 11.1 Å². The van der Waals surface area contributed by atoms with Crippen molar-refractivity contribution in [2.75, 3.05) is 0 Å². The lowest BCUT2D eigenvalue weighted by molar-refractivity contribution is 1.46. The predicted octanol–water partition coefficient (Wildman–Crippen LogP) is 0.991. The van der Waals surface area contributed by atoms with Gasteiger partial charge in [0.2, 0.25) is 0 Å². The molecule has 1 aromatic rings. The van der Waals surface area contributed by atoms with Gasteiger partial charge in [0.1, 0.15) is 0 Å². The van der Waals surface area contributed by atoms with Gasteiger partial charge < -0.3 is 0 Å². The van der Waals surface area contributed by atoms with Crippen molar-refractivity contribution in [3.05, 3.63) is 33.7 Å². The Hall–Kier alpha value is -1.30. The van der Waals surface area contributed by atoms with Crippen LogP contribution < -0.4 is 10.4 Å². The van der Waals surface area contributed by atoms with Crippen molar-refractivity contribution in [1.82, 2.24) is 0 Å². The molecule has 0 N–H and O–H groups in total. The van der Waals surface area contributed by atoms with Gasteiger partial charge in [-0.15, -0.1) is 0 Å². The Balaban J connectivity index is 2.96. The molecular weight excluding hydrogens is 120 g/mol. The van der Waals surface area contributed by atoms with E-state index in [9.17, 15) is 0 Å². The molecule has 0 heterocycles. The second-order valence-corrected chi connectivity index (χ2v) is 2.54. The summed E-state index contributed by atoms with van der Waals surface area (Å²) in [5, 5.41) is 2.10. The molecule has 0 atom stereocenters. The topological polar surface area (TPSA) is 0 Å². The average molecular weight is 128 g/mol. The summed E-state index contributed by atoms with van der Waals surface area (Å²) in [5.74, 6) is 0. The highest BCUT2D eigenvalue weighted by Gasteiger charge is 2.03. The molecule has 1 aliphatic rings. The third-order valence-corrected chi connectivity index (χ3v) is 1.92. The summed E-state index contributed by atoms with van der Waals surface area (Å²) in [4.78, 5) is 0. The van der Waals surface area contributed by atoms with E-state index in [0.717, 1.165) is 10.4 Å². The molecule has 0 radical (unpaired) electrons. The monoisotopic (exact) mass is 128 g/mol. The van der Waals surface area contributed by atoms with Gasteiger partial charge in [0, 0.05) is 0 Å². The van der Waals surface area contributed by atoms with Gasteiger partial charge >= 0.3 is 0 Å². The summed E-state index contributed by atoms with van der Waals surface area (Å²) >= 11 is 0. The van der Waals surface area contributed by atoms with Crippen molar-refractivity contribution in [1.29, 1.82) is 0 Å². The van der Waals surface area contributed by atoms with Gasteiger partial charge in [0.25, 0.3) is 0 Å². The zero-order valence-electron chi connectivity index (χ0n) is 5.72.